The monoisotopic (exact) mass is 328 g/mol. The number of rotatable bonds is 5. The molecule has 1 aromatic rings. The minimum Gasteiger partial charge on any atom is -0.478 e. The average molecular weight is 329 g/mol. The van der Waals surface area contributed by atoms with Gasteiger partial charge in [-0.15, -0.1) is 0 Å². The third-order valence-electron chi connectivity index (χ3n) is 2.74. The molecule has 1 unspecified atom stereocenters. The predicted molar refractivity (Wildman–Crippen MR) is 77.2 cm³/mol. The minimum absolute atomic E-state index is 0.0898. The van der Waals surface area contributed by atoms with Gasteiger partial charge in [-0.25, -0.2) is 4.79 Å². The van der Waals surface area contributed by atoms with Crippen LogP contribution in [0.4, 0.5) is 5.69 Å². The standard InChI is InChI=1S/C13H17BrN2O3/c1-3-6-13(2,15)12(19)16-8-4-5-10(14)9(7-8)11(17)18/h4-5,7H,3,6,15H2,1-2H3,(H,16,19)(H,17,18). The maximum atomic E-state index is 12.0. The molecule has 0 bridgehead atoms. The van der Waals surface area contributed by atoms with Crippen molar-refractivity contribution >= 4 is 33.5 Å². The fourth-order valence-electron chi connectivity index (χ4n) is 1.67. The van der Waals surface area contributed by atoms with E-state index in [1.54, 1.807) is 19.1 Å². The van der Waals surface area contributed by atoms with Gasteiger partial charge in [0.15, 0.2) is 0 Å². The fourth-order valence-corrected chi connectivity index (χ4v) is 2.09. The molecule has 1 rings (SSSR count). The molecule has 6 heteroatoms. The van der Waals surface area contributed by atoms with Crippen molar-refractivity contribution in [2.45, 2.75) is 32.2 Å². The quantitative estimate of drug-likeness (QED) is 0.774. The molecule has 1 amide bonds. The van der Waals surface area contributed by atoms with Crippen molar-refractivity contribution < 1.29 is 14.7 Å². The molecule has 1 atom stereocenters. The number of carboxylic acid groups (broad SMARTS) is 1. The highest BCUT2D eigenvalue weighted by Gasteiger charge is 2.27. The topological polar surface area (TPSA) is 92.4 Å². The highest BCUT2D eigenvalue weighted by Crippen LogP contribution is 2.22. The molecule has 0 aliphatic carbocycles. The molecule has 0 fully saturated rings. The number of benzene rings is 1. The summed E-state index contributed by atoms with van der Waals surface area (Å²) < 4.78 is 0.460. The van der Waals surface area contributed by atoms with Crippen LogP contribution in [0.1, 0.15) is 37.0 Å². The Balaban J connectivity index is 2.92. The van der Waals surface area contributed by atoms with Gasteiger partial charge >= 0.3 is 5.97 Å². The van der Waals surface area contributed by atoms with E-state index in [0.29, 0.717) is 16.6 Å². The van der Waals surface area contributed by atoms with E-state index in [9.17, 15) is 9.59 Å². The molecule has 5 nitrogen and oxygen atoms in total. The molecule has 104 valence electrons. The zero-order valence-electron chi connectivity index (χ0n) is 10.9. The van der Waals surface area contributed by atoms with Crippen molar-refractivity contribution in [1.82, 2.24) is 0 Å². The van der Waals surface area contributed by atoms with Crippen LogP contribution < -0.4 is 11.1 Å². The number of carbonyl (C=O) groups is 2. The summed E-state index contributed by atoms with van der Waals surface area (Å²) in [5, 5.41) is 11.6. The van der Waals surface area contributed by atoms with E-state index in [1.165, 1.54) is 6.07 Å². The Labute approximate surface area is 120 Å². The molecule has 0 aliphatic rings. The average Bonchev–Trinajstić information content (AvgIpc) is 2.31. The molecule has 0 aliphatic heterocycles. The number of carboxylic acids is 1. The van der Waals surface area contributed by atoms with Gasteiger partial charge in [0.05, 0.1) is 11.1 Å². The van der Waals surface area contributed by atoms with E-state index in [4.69, 9.17) is 10.8 Å². The molecule has 0 aromatic heterocycles. The highest BCUT2D eigenvalue weighted by molar-refractivity contribution is 9.10. The van der Waals surface area contributed by atoms with Crippen LogP contribution in [0.15, 0.2) is 22.7 Å². The molecular weight excluding hydrogens is 312 g/mol. The van der Waals surface area contributed by atoms with Gasteiger partial charge in [0.1, 0.15) is 0 Å². The van der Waals surface area contributed by atoms with E-state index in [2.05, 4.69) is 21.2 Å². The van der Waals surface area contributed by atoms with E-state index in [1.807, 2.05) is 6.92 Å². The molecule has 0 saturated heterocycles. The molecular formula is C13H17BrN2O3. The normalized spacial score (nSPS) is 13.7. The van der Waals surface area contributed by atoms with Crippen molar-refractivity contribution in [1.29, 1.82) is 0 Å². The number of aromatic carboxylic acids is 1. The Morgan fingerprint density at radius 2 is 2.11 bits per heavy atom. The second kappa shape index (κ2) is 6.16. The van der Waals surface area contributed by atoms with Gasteiger partial charge in [-0.2, -0.15) is 0 Å². The maximum Gasteiger partial charge on any atom is 0.336 e. The first-order valence-corrected chi connectivity index (χ1v) is 6.70. The number of anilines is 1. The Kier molecular flexibility index (Phi) is 5.08. The first-order valence-electron chi connectivity index (χ1n) is 5.91. The molecule has 4 N–H and O–H groups in total. The number of nitrogens with two attached hydrogens (primary N) is 1. The zero-order chi connectivity index (χ0) is 14.6. The summed E-state index contributed by atoms with van der Waals surface area (Å²) in [7, 11) is 0. The lowest BCUT2D eigenvalue weighted by Gasteiger charge is -2.23. The smallest absolute Gasteiger partial charge is 0.336 e. The van der Waals surface area contributed by atoms with E-state index < -0.39 is 11.5 Å². The third kappa shape index (κ3) is 4.04. The third-order valence-corrected chi connectivity index (χ3v) is 3.43. The number of halogens is 1. The Morgan fingerprint density at radius 3 is 2.63 bits per heavy atom. The molecule has 19 heavy (non-hydrogen) atoms. The summed E-state index contributed by atoms with van der Waals surface area (Å²) in [5.74, 6) is -1.39. The number of hydrogen-bond acceptors (Lipinski definition) is 3. The van der Waals surface area contributed by atoms with Crippen LogP contribution in [0.3, 0.4) is 0 Å². The molecule has 0 radical (unpaired) electrons. The van der Waals surface area contributed by atoms with Crippen molar-refractivity contribution in [2.24, 2.45) is 5.73 Å². The first kappa shape index (κ1) is 15.7. The summed E-state index contributed by atoms with van der Waals surface area (Å²) in [4.78, 5) is 23.0. The summed E-state index contributed by atoms with van der Waals surface area (Å²) in [6.45, 7) is 3.60. The summed E-state index contributed by atoms with van der Waals surface area (Å²) in [6.07, 6.45) is 1.35. The van der Waals surface area contributed by atoms with E-state index in [0.717, 1.165) is 6.42 Å². The van der Waals surface area contributed by atoms with Crippen molar-refractivity contribution in [2.75, 3.05) is 5.32 Å². The van der Waals surface area contributed by atoms with Gasteiger partial charge < -0.3 is 16.2 Å². The SMILES string of the molecule is CCCC(C)(N)C(=O)Nc1ccc(Br)c(C(=O)O)c1. The van der Waals surface area contributed by atoms with Gasteiger partial charge in [-0.3, -0.25) is 4.79 Å². The number of amides is 1. The maximum absolute atomic E-state index is 12.0. The van der Waals surface area contributed by atoms with Gasteiger partial charge in [-0.05, 0) is 47.5 Å². The molecule has 0 heterocycles. The minimum atomic E-state index is -1.06. The summed E-state index contributed by atoms with van der Waals surface area (Å²) in [6, 6.07) is 4.59. The summed E-state index contributed by atoms with van der Waals surface area (Å²) in [5.41, 5.74) is 5.45. The van der Waals surface area contributed by atoms with E-state index in [-0.39, 0.29) is 11.5 Å². The van der Waals surface area contributed by atoms with Crippen LogP contribution in [0, 0.1) is 0 Å². The molecule has 0 saturated carbocycles. The lowest BCUT2D eigenvalue weighted by Crippen LogP contribution is -2.48. The fraction of sp³-hybridized carbons (Fsp3) is 0.385. The van der Waals surface area contributed by atoms with Crippen molar-refractivity contribution in [3.63, 3.8) is 0 Å². The highest BCUT2D eigenvalue weighted by atomic mass is 79.9. The second-order valence-corrected chi connectivity index (χ2v) is 5.48. The van der Waals surface area contributed by atoms with E-state index >= 15 is 0 Å². The zero-order valence-corrected chi connectivity index (χ0v) is 12.5. The van der Waals surface area contributed by atoms with Crippen LogP contribution in [-0.2, 0) is 4.79 Å². The molecule has 1 aromatic carbocycles. The number of hydrogen-bond donors (Lipinski definition) is 3. The Hall–Kier alpha value is -1.40. The van der Waals surface area contributed by atoms with Crippen molar-refractivity contribution in [3.8, 4) is 0 Å². The summed E-state index contributed by atoms with van der Waals surface area (Å²) >= 11 is 3.14. The second-order valence-electron chi connectivity index (χ2n) is 4.62. The van der Waals surface area contributed by atoms with Crippen LogP contribution >= 0.6 is 15.9 Å². The largest absolute Gasteiger partial charge is 0.478 e. The van der Waals surface area contributed by atoms with Crippen LogP contribution in [0.5, 0.6) is 0 Å². The van der Waals surface area contributed by atoms with Gasteiger partial charge in [-0.1, -0.05) is 13.3 Å². The number of carbonyl (C=O) groups excluding carboxylic acids is 1. The predicted octanol–water partition coefficient (Wildman–Crippen LogP) is 2.60. The van der Waals surface area contributed by atoms with Crippen LogP contribution in [-0.4, -0.2) is 22.5 Å². The van der Waals surface area contributed by atoms with Crippen LogP contribution in [0.25, 0.3) is 0 Å². The molecule has 0 spiro atoms. The van der Waals surface area contributed by atoms with Crippen molar-refractivity contribution in [3.05, 3.63) is 28.2 Å². The first-order chi connectivity index (χ1) is 8.77. The number of nitrogens with one attached hydrogen (secondary N) is 1. The van der Waals surface area contributed by atoms with Gasteiger partial charge in [0, 0.05) is 10.2 Å². The van der Waals surface area contributed by atoms with Crippen LogP contribution in [0.2, 0.25) is 0 Å². The van der Waals surface area contributed by atoms with Gasteiger partial charge in [0.25, 0.3) is 0 Å². The lowest BCUT2D eigenvalue weighted by molar-refractivity contribution is -0.120. The van der Waals surface area contributed by atoms with Gasteiger partial charge in [0.2, 0.25) is 5.91 Å². The Morgan fingerprint density at radius 1 is 1.47 bits per heavy atom. The lowest BCUT2D eigenvalue weighted by atomic mass is 9.96. The Bertz CT molecular complexity index is 501.